The molecule has 0 radical (unpaired) electrons. The van der Waals surface area contributed by atoms with Crippen LogP contribution in [0.2, 0.25) is 0 Å². The van der Waals surface area contributed by atoms with Crippen LogP contribution in [0.4, 0.5) is 10.1 Å². The van der Waals surface area contributed by atoms with E-state index in [2.05, 4.69) is 31.0 Å². The molecule has 0 aliphatic carbocycles. The van der Waals surface area contributed by atoms with Gasteiger partial charge < -0.3 is 15.2 Å². The van der Waals surface area contributed by atoms with Crippen LogP contribution >= 0.6 is 0 Å². The van der Waals surface area contributed by atoms with Gasteiger partial charge in [0.05, 0.1) is 19.1 Å². The first-order valence-corrected chi connectivity index (χ1v) is 10.9. The van der Waals surface area contributed by atoms with Crippen LogP contribution in [-0.2, 0) is 14.3 Å². The molecular weight excluding hydrogens is 399 g/mol. The van der Waals surface area contributed by atoms with Gasteiger partial charge in [-0.15, -0.1) is 0 Å². The van der Waals surface area contributed by atoms with Crippen molar-refractivity contribution in [2.75, 3.05) is 25.5 Å². The molecule has 1 aliphatic rings. The zero-order valence-electron chi connectivity index (χ0n) is 19.8. The van der Waals surface area contributed by atoms with Crippen molar-refractivity contribution in [2.24, 2.45) is 17.3 Å². The van der Waals surface area contributed by atoms with Crippen LogP contribution in [0, 0.1) is 23.1 Å². The van der Waals surface area contributed by atoms with Gasteiger partial charge in [-0.1, -0.05) is 26.8 Å². The number of hydrogen-bond acceptors (Lipinski definition) is 5. The highest BCUT2D eigenvalue weighted by molar-refractivity contribution is 5.95. The van der Waals surface area contributed by atoms with Crippen molar-refractivity contribution in [1.29, 1.82) is 0 Å². The summed E-state index contributed by atoms with van der Waals surface area (Å²) < 4.78 is 19.9. The Kier molecular flexibility index (Phi) is 7.87. The van der Waals surface area contributed by atoms with Crippen LogP contribution < -0.4 is 5.32 Å². The number of ether oxygens (including phenoxy) is 1. The maximum absolute atomic E-state index is 14.9. The number of amides is 1. The number of rotatable bonds is 5. The van der Waals surface area contributed by atoms with Crippen molar-refractivity contribution in [3.63, 3.8) is 0 Å². The van der Waals surface area contributed by atoms with Crippen molar-refractivity contribution < 1.29 is 23.8 Å². The summed E-state index contributed by atoms with van der Waals surface area (Å²) in [5, 5.41) is 13.9. The van der Waals surface area contributed by atoms with E-state index in [4.69, 9.17) is 4.74 Å². The van der Waals surface area contributed by atoms with E-state index in [1.807, 2.05) is 0 Å². The third kappa shape index (κ3) is 6.04. The summed E-state index contributed by atoms with van der Waals surface area (Å²) in [7, 11) is 1.27. The molecule has 1 heterocycles. The summed E-state index contributed by atoms with van der Waals surface area (Å²) in [5.74, 6) is -2.63. The molecule has 2 atom stereocenters. The molecule has 0 bridgehead atoms. The third-order valence-corrected chi connectivity index (χ3v) is 6.09. The second-order valence-electron chi connectivity index (χ2n) is 10.4. The number of nitrogens with one attached hydrogen (secondary N) is 1. The fourth-order valence-electron chi connectivity index (χ4n) is 4.08. The Labute approximate surface area is 185 Å². The molecular formula is C24H37FN2O4. The largest absolute Gasteiger partial charge is 0.469 e. The molecule has 6 nitrogen and oxygen atoms in total. The summed E-state index contributed by atoms with van der Waals surface area (Å²) in [6.45, 7) is 13.2. The number of aliphatic hydroxyl groups is 1. The fourth-order valence-corrected chi connectivity index (χ4v) is 4.08. The minimum atomic E-state index is -1.44. The second-order valence-corrected chi connectivity index (χ2v) is 10.4. The molecule has 174 valence electrons. The van der Waals surface area contributed by atoms with Crippen LogP contribution in [0.3, 0.4) is 0 Å². The van der Waals surface area contributed by atoms with Gasteiger partial charge in [0.1, 0.15) is 5.82 Å². The quantitative estimate of drug-likeness (QED) is 0.678. The fraction of sp³-hybridized carbons (Fsp3) is 0.667. The topological polar surface area (TPSA) is 78.9 Å². The number of esters is 1. The number of carbonyl (C=O) groups is 2. The Morgan fingerprint density at radius 1 is 1.16 bits per heavy atom. The molecule has 1 aromatic rings. The number of aliphatic hydroxyl groups excluding tert-OH is 1. The Morgan fingerprint density at radius 3 is 2.23 bits per heavy atom. The lowest BCUT2D eigenvalue weighted by Gasteiger charge is -2.43. The molecule has 2 N–H and O–H groups in total. The SMILES string of the molecule is COC(=O)C(C1CCN(C(C)(C)C)CC1)C(O)c1c(F)cccc1NC(=O)C(C)(C)C. The lowest BCUT2D eigenvalue weighted by Crippen LogP contribution is -2.48. The van der Waals surface area contributed by atoms with E-state index in [1.54, 1.807) is 26.8 Å². The van der Waals surface area contributed by atoms with Crippen molar-refractivity contribution >= 4 is 17.6 Å². The maximum atomic E-state index is 14.9. The molecule has 0 spiro atoms. The summed E-state index contributed by atoms with van der Waals surface area (Å²) in [6, 6.07) is 4.24. The van der Waals surface area contributed by atoms with Gasteiger partial charge in [0.25, 0.3) is 0 Å². The van der Waals surface area contributed by atoms with Gasteiger partial charge in [-0.3, -0.25) is 14.5 Å². The van der Waals surface area contributed by atoms with Crippen LogP contribution in [0.15, 0.2) is 18.2 Å². The first kappa shape index (κ1) is 25.3. The van der Waals surface area contributed by atoms with E-state index >= 15 is 0 Å². The predicted molar refractivity (Wildman–Crippen MR) is 119 cm³/mol. The van der Waals surface area contributed by atoms with Gasteiger partial charge >= 0.3 is 5.97 Å². The minimum absolute atomic E-state index is 0.0142. The number of hydrogen-bond donors (Lipinski definition) is 2. The first-order chi connectivity index (χ1) is 14.3. The molecule has 1 aromatic carbocycles. The summed E-state index contributed by atoms with van der Waals surface area (Å²) in [5.41, 5.74) is -0.585. The number of carbonyl (C=O) groups excluding carboxylic acids is 2. The molecule has 2 unspecified atom stereocenters. The molecule has 2 rings (SSSR count). The van der Waals surface area contributed by atoms with Gasteiger partial charge in [0.15, 0.2) is 0 Å². The smallest absolute Gasteiger partial charge is 0.311 e. The molecule has 1 saturated heterocycles. The van der Waals surface area contributed by atoms with Crippen LogP contribution in [0.1, 0.15) is 66.1 Å². The second kappa shape index (κ2) is 9.65. The number of nitrogens with zero attached hydrogens (tertiary/aromatic N) is 1. The van der Waals surface area contributed by atoms with Crippen molar-refractivity contribution in [3.8, 4) is 0 Å². The molecule has 31 heavy (non-hydrogen) atoms. The number of benzene rings is 1. The molecule has 1 fully saturated rings. The summed E-state index contributed by atoms with van der Waals surface area (Å²) in [6.07, 6.45) is -0.0616. The highest BCUT2D eigenvalue weighted by Crippen LogP contribution is 2.40. The van der Waals surface area contributed by atoms with Crippen molar-refractivity contribution in [3.05, 3.63) is 29.6 Å². The Balaban J connectivity index is 2.36. The van der Waals surface area contributed by atoms with Gasteiger partial charge in [0, 0.05) is 22.2 Å². The minimum Gasteiger partial charge on any atom is -0.469 e. The van der Waals surface area contributed by atoms with Crippen molar-refractivity contribution in [2.45, 2.75) is 66.0 Å². The maximum Gasteiger partial charge on any atom is 0.311 e. The Hall–Kier alpha value is -1.99. The molecule has 1 amide bonds. The lowest BCUT2D eigenvalue weighted by atomic mass is 9.77. The average molecular weight is 437 g/mol. The Bertz CT molecular complexity index is 790. The first-order valence-electron chi connectivity index (χ1n) is 10.9. The standard InChI is InChI=1S/C24H37FN2O4/c1-23(2,3)22(30)26-17-10-8-9-16(25)19(17)20(28)18(21(29)31-7)15-11-13-27(14-12-15)24(4,5)6/h8-10,15,18,20,28H,11-14H2,1-7H3,(H,26,30). The summed E-state index contributed by atoms with van der Waals surface area (Å²) in [4.78, 5) is 27.5. The van der Waals surface area contributed by atoms with Gasteiger partial charge in [-0.25, -0.2) is 4.39 Å². The monoisotopic (exact) mass is 436 g/mol. The number of likely N-dealkylation sites (tertiary alicyclic amines) is 1. The van der Waals surface area contributed by atoms with Gasteiger partial charge in [-0.05, 0) is 64.8 Å². The number of piperidine rings is 1. The van der Waals surface area contributed by atoms with Crippen LogP contribution in [0.5, 0.6) is 0 Å². The van der Waals surface area contributed by atoms with Crippen LogP contribution in [0.25, 0.3) is 0 Å². The molecule has 7 heteroatoms. The van der Waals surface area contributed by atoms with E-state index in [-0.39, 0.29) is 28.6 Å². The average Bonchev–Trinajstić information content (AvgIpc) is 2.67. The number of anilines is 1. The van der Waals surface area contributed by atoms with E-state index in [0.717, 1.165) is 13.1 Å². The van der Waals surface area contributed by atoms with Crippen molar-refractivity contribution in [1.82, 2.24) is 4.90 Å². The molecule has 0 aromatic heterocycles. The zero-order valence-corrected chi connectivity index (χ0v) is 19.8. The van der Waals surface area contributed by atoms with E-state index in [9.17, 15) is 19.1 Å². The number of methoxy groups -OCH3 is 1. The normalized spacial score (nSPS) is 18.4. The molecule has 0 saturated carbocycles. The van der Waals surface area contributed by atoms with Gasteiger partial charge in [0.2, 0.25) is 5.91 Å². The Morgan fingerprint density at radius 2 is 1.74 bits per heavy atom. The van der Waals surface area contributed by atoms with Crippen LogP contribution in [-0.4, -0.2) is 47.6 Å². The third-order valence-electron chi connectivity index (χ3n) is 6.09. The highest BCUT2D eigenvalue weighted by atomic mass is 19.1. The molecule has 1 aliphatic heterocycles. The van der Waals surface area contributed by atoms with E-state index in [1.165, 1.54) is 19.2 Å². The predicted octanol–water partition coefficient (Wildman–Crippen LogP) is 4.14. The highest BCUT2D eigenvalue weighted by Gasteiger charge is 2.41. The summed E-state index contributed by atoms with van der Waals surface area (Å²) >= 11 is 0. The van der Waals surface area contributed by atoms with Gasteiger partial charge in [-0.2, -0.15) is 0 Å². The lowest BCUT2D eigenvalue weighted by molar-refractivity contribution is -0.154. The number of halogens is 1. The van der Waals surface area contributed by atoms with E-state index in [0.29, 0.717) is 12.8 Å². The van der Waals surface area contributed by atoms with E-state index < -0.39 is 29.2 Å². The zero-order chi connectivity index (χ0) is 23.6.